The second-order valence-corrected chi connectivity index (χ2v) is 4.28. The number of aromatic nitrogens is 2. The van der Waals surface area contributed by atoms with Crippen molar-refractivity contribution >= 4 is 5.82 Å². The Morgan fingerprint density at radius 1 is 1.00 bits per heavy atom. The zero-order valence-corrected chi connectivity index (χ0v) is 11.5. The minimum absolute atomic E-state index is 0.464. The zero-order chi connectivity index (χ0) is 14.0. The lowest BCUT2D eigenvalue weighted by Crippen LogP contribution is -2.00. The third kappa shape index (κ3) is 2.45. The number of aryl methyl sites for hydroxylation is 2. The molecule has 0 aliphatic carbocycles. The molecule has 0 amide bonds. The molecule has 100 valence electrons. The molecule has 0 aliphatic heterocycles. The van der Waals surface area contributed by atoms with Crippen LogP contribution in [0.4, 0.5) is 5.82 Å². The molecule has 1 aromatic heterocycles. The normalized spacial score (nSPS) is 10.3. The van der Waals surface area contributed by atoms with Gasteiger partial charge in [0.15, 0.2) is 5.82 Å². The number of nitrogen functional groups attached to an aromatic ring is 1. The van der Waals surface area contributed by atoms with Crippen LogP contribution < -0.4 is 15.2 Å². The fraction of sp³-hybridized carbons (Fsp3) is 0.286. The number of methoxy groups -OCH3 is 2. The Morgan fingerprint density at radius 3 is 2.26 bits per heavy atom. The lowest BCUT2D eigenvalue weighted by Gasteiger charge is -2.12. The van der Waals surface area contributed by atoms with E-state index in [1.54, 1.807) is 20.4 Å². The van der Waals surface area contributed by atoms with Crippen LogP contribution in [0.15, 0.2) is 18.3 Å². The van der Waals surface area contributed by atoms with Crippen LogP contribution in [0.2, 0.25) is 0 Å². The summed E-state index contributed by atoms with van der Waals surface area (Å²) < 4.78 is 10.7. The Morgan fingerprint density at radius 2 is 1.68 bits per heavy atom. The molecule has 5 nitrogen and oxygen atoms in total. The Kier molecular flexibility index (Phi) is 3.55. The van der Waals surface area contributed by atoms with Crippen molar-refractivity contribution in [3.63, 3.8) is 0 Å². The standard InChI is InChI=1S/C14H17N3O2/c1-8-5-12(19-4)10(6-11(8)18-3)14-16-7-9(2)13(15)17-14/h5-7H,1-4H3,(H2,15,16,17). The van der Waals surface area contributed by atoms with Gasteiger partial charge in [-0.15, -0.1) is 0 Å². The molecule has 0 bridgehead atoms. The maximum atomic E-state index is 5.83. The Balaban J connectivity index is 2.62. The molecule has 2 rings (SSSR count). The fourth-order valence-corrected chi connectivity index (χ4v) is 1.81. The first-order valence-electron chi connectivity index (χ1n) is 5.89. The van der Waals surface area contributed by atoms with Gasteiger partial charge >= 0.3 is 0 Å². The van der Waals surface area contributed by atoms with Crippen molar-refractivity contribution in [3.8, 4) is 22.9 Å². The molecular weight excluding hydrogens is 242 g/mol. The molecule has 2 N–H and O–H groups in total. The molecule has 0 radical (unpaired) electrons. The number of benzene rings is 1. The monoisotopic (exact) mass is 259 g/mol. The van der Waals surface area contributed by atoms with E-state index in [2.05, 4.69) is 9.97 Å². The molecular formula is C14H17N3O2. The van der Waals surface area contributed by atoms with E-state index in [-0.39, 0.29) is 0 Å². The maximum absolute atomic E-state index is 5.83. The van der Waals surface area contributed by atoms with Crippen molar-refractivity contribution in [2.45, 2.75) is 13.8 Å². The fourth-order valence-electron chi connectivity index (χ4n) is 1.81. The highest BCUT2D eigenvalue weighted by Crippen LogP contribution is 2.34. The van der Waals surface area contributed by atoms with E-state index in [1.807, 2.05) is 26.0 Å². The third-order valence-electron chi connectivity index (χ3n) is 2.97. The van der Waals surface area contributed by atoms with E-state index in [9.17, 15) is 0 Å². The highest BCUT2D eigenvalue weighted by atomic mass is 16.5. The topological polar surface area (TPSA) is 70.3 Å². The van der Waals surface area contributed by atoms with Crippen molar-refractivity contribution in [1.29, 1.82) is 0 Å². The van der Waals surface area contributed by atoms with Crippen molar-refractivity contribution in [2.75, 3.05) is 20.0 Å². The van der Waals surface area contributed by atoms with Crippen molar-refractivity contribution in [2.24, 2.45) is 0 Å². The molecule has 19 heavy (non-hydrogen) atoms. The summed E-state index contributed by atoms with van der Waals surface area (Å²) in [6.45, 7) is 3.82. The predicted octanol–water partition coefficient (Wildman–Crippen LogP) is 2.36. The molecule has 0 saturated heterocycles. The third-order valence-corrected chi connectivity index (χ3v) is 2.97. The summed E-state index contributed by atoms with van der Waals surface area (Å²) in [6, 6.07) is 3.76. The van der Waals surface area contributed by atoms with E-state index >= 15 is 0 Å². The number of hydrogen-bond donors (Lipinski definition) is 1. The molecule has 0 fully saturated rings. The van der Waals surface area contributed by atoms with Crippen molar-refractivity contribution in [1.82, 2.24) is 9.97 Å². The smallest absolute Gasteiger partial charge is 0.165 e. The van der Waals surface area contributed by atoms with Gasteiger partial charge in [-0.2, -0.15) is 0 Å². The average molecular weight is 259 g/mol. The number of nitrogens with two attached hydrogens (primary N) is 1. The highest BCUT2D eigenvalue weighted by Gasteiger charge is 2.13. The van der Waals surface area contributed by atoms with Gasteiger partial charge in [0.25, 0.3) is 0 Å². The first-order valence-corrected chi connectivity index (χ1v) is 5.89. The van der Waals surface area contributed by atoms with Crippen LogP contribution in [0.1, 0.15) is 11.1 Å². The van der Waals surface area contributed by atoms with E-state index in [1.165, 1.54) is 0 Å². The second kappa shape index (κ2) is 5.14. The minimum Gasteiger partial charge on any atom is -0.496 e. The van der Waals surface area contributed by atoms with E-state index in [0.29, 0.717) is 17.4 Å². The quantitative estimate of drug-likeness (QED) is 0.916. The van der Waals surface area contributed by atoms with Gasteiger partial charge in [-0.05, 0) is 31.5 Å². The summed E-state index contributed by atoms with van der Waals surface area (Å²) in [5.74, 6) is 2.45. The molecule has 0 atom stereocenters. The Bertz CT molecular complexity index is 612. The van der Waals surface area contributed by atoms with Crippen molar-refractivity contribution in [3.05, 3.63) is 29.5 Å². The number of anilines is 1. The van der Waals surface area contributed by atoms with Crippen molar-refractivity contribution < 1.29 is 9.47 Å². The van der Waals surface area contributed by atoms with E-state index in [0.717, 1.165) is 22.4 Å². The summed E-state index contributed by atoms with van der Waals surface area (Å²) in [7, 11) is 3.24. The van der Waals surface area contributed by atoms with Crippen LogP contribution in [0.3, 0.4) is 0 Å². The zero-order valence-electron chi connectivity index (χ0n) is 11.5. The minimum atomic E-state index is 0.464. The predicted molar refractivity (Wildman–Crippen MR) is 74.5 cm³/mol. The Labute approximate surface area is 112 Å². The first kappa shape index (κ1) is 13.1. The number of hydrogen-bond acceptors (Lipinski definition) is 5. The molecule has 5 heteroatoms. The van der Waals surface area contributed by atoms with Gasteiger partial charge in [0.2, 0.25) is 0 Å². The van der Waals surface area contributed by atoms with Crippen LogP contribution in [0.25, 0.3) is 11.4 Å². The molecule has 0 unspecified atom stereocenters. The highest BCUT2D eigenvalue weighted by molar-refractivity contribution is 5.68. The van der Waals surface area contributed by atoms with Gasteiger partial charge in [-0.3, -0.25) is 0 Å². The lowest BCUT2D eigenvalue weighted by molar-refractivity contribution is 0.401. The van der Waals surface area contributed by atoms with Gasteiger partial charge in [-0.25, -0.2) is 9.97 Å². The van der Waals surface area contributed by atoms with Gasteiger partial charge in [0.1, 0.15) is 17.3 Å². The van der Waals surface area contributed by atoms with Crippen LogP contribution >= 0.6 is 0 Å². The van der Waals surface area contributed by atoms with E-state index in [4.69, 9.17) is 15.2 Å². The van der Waals surface area contributed by atoms with Gasteiger partial charge < -0.3 is 15.2 Å². The van der Waals surface area contributed by atoms with Gasteiger partial charge in [-0.1, -0.05) is 0 Å². The SMILES string of the molecule is COc1cc(-c2ncc(C)c(N)n2)c(OC)cc1C. The Hall–Kier alpha value is -2.30. The average Bonchev–Trinajstić information content (AvgIpc) is 2.41. The summed E-state index contributed by atoms with van der Waals surface area (Å²) >= 11 is 0. The summed E-state index contributed by atoms with van der Waals surface area (Å²) in [5.41, 5.74) is 8.43. The van der Waals surface area contributed by atoms with Gasteiger partial charge in [0.05, 0.1) is 19.8 Å². The van der Waals surface area contributed by atoms with Crippen LogP contribution in [0, 0.1) is 13.8 Å². The molecule has 0 spiro atoms. The second-order valence-electron chi connectivity index (χ2n) is 4.28. The first-order chi connectivity index (χ1) is 9.06. The summed E-state index contributed by atoms with van der Waals surface area (Å²) in [4.78, 5) is 8.58. The number of nitrogens with zero attached hydrogens (tertiary/aromatic N) is 2. The molecule has 0 saturated carbocycles. The number of rotatable bonds is 3. The molecule has 0 aliphatic rings. The maximum Gasteiger partial charge on any atom is 0.165 e. The van der Waals surface area contributed by atoms with Crippen LogP contribution in [-0.4, -0.2) is 24.2 Å². The van der Waals surface area contributed by atoms with E-state index < -0.39 is 0 Å². The van der Waals surface area contributed by atoms with Crippen LogP contribution in [0.5, 0.6) is 11.5 Å². The summed E-state index contributed by atoms with van der Waals surface area (Å²) in [5, 5.41) is 0. The van der Waals surface area contributed by atoms with Crippen LogP contribution in [-0.2, 0) is 0 Å². The molecule has 1 heterocycles. The van der Waals surface area contributed by atoms with Gasteiger partial charge in [0, 0.05) is 11.8 Å². The number of ether oxygens (including phenoxy) is 2. The molecule has 1 aromatic carbocycles. The molecule has 2 aromatic rings. The summed E-state index contributed by atoms with van der Waals surface area (Å²) in [6.07, 6.45) is 1.70. The largest absolute Gasteiger partial charge is 0.496 e. The lowest BCUT2D eigenvalue weighted by atomic mass is 10.1.